The van der Waals surface area contributed by atoms with Crippen LogP contribution in [0.15, 0.2) is 0 Å². The van der Waals surface area contributed by atoms with Crippen molar-refractivity contribution < 1.29 is 4.43 Å². The van der Waals surface area contributed by atoms with Gasteiger partial charge in [-0.05, 0) is 17.5 Å². The Morgan fingerprint density at radius 2 is 1.62 bits per heavy atom. The quantitative estimate of drug-likeness (QED) is 0.519. The summed E-state index contributed by atoms with van der Waals surface area (Å²) in [6.07, 6.45) is 1.13. The molecule has 0 amide bonds. The standard InChI is InChI=1S/C10H23BrOSi/c1-6-7-12-13(8-11,9(2)3)10(4)5/h9-10H,6-8H2,1-5H3. The molecular formula is C10H23BrOSi. The van der Waals surface area contributed by atoms with Gasteiger partial charge in [0.15, 0.2) is 0 Å². The van der Waals surface area contributed by atoms with E-state index in [1.165, 1.54) is 0 Å². The third-order valence-corrected chi connectivity index (χ3v) is 10.4. The summed E-state index contributed by atoms with van der Waals surface area (Å²) in [6.45, 7) is 12.3. The van der Waals surface area contributed by atoms with Crippen LogP contribution >= 0.6 is 15.9 Å². The van der Waals surface area contributed by atoms with Gasteiger partial charge >= 0.3 is 0 Å². The molecule has 0 unspecified atom stereocenters. The summed E-state index contributed by atoms with van der Waals surface area (Å²) >= 11 is 3.64. The maximum absolute atomic E-state index is 6.14. The van der Waals surface area contributed by atoms with Gasteiger partial charge in [0.2, 0.25) is 8.32 Å². The van der Waals surface area contributed by atoms with Crippen LogP contribution in [0.1, 0.15) is 41.0 Å². The third-order valence-electron chi connectivity index (χ3n) is 2.74. The van der Waals surface area contributed by atoms with Crippen molar-refractivity contribution >= 4 is 24.2 Å². The molecule has 0 bridgehead atoms. The maximum Gasteiger partial charge on any atom is 0.208 e. The van der Waals surface area contributed by atoms with E-state index in [0.717, 1.165) is 18.0 Å². The Balaban J connectivity index is 4.45. The van der Waals surface area contributed by atoms with Crippen molar-refractivity contribution in [2.75, 3.05) is 11.6 Å². The smallest absolute Gasteiger partial charge is 0.208 e. The van der Waals surface area contributed by atoms with E-state index in [4.69, 9.17) is 4.43 Å². The molecule has 0 rings (SSSR count). The molecule has 3 heteroatoms. The van der Waals surface area contributed by atoms with Crippen molar-refractivity contribution in [3.63, 3.8) is 0 Å². The summed E-state index contributed by atoms with van der Waals surface area (Å²) < 4.78 is 6.14. The molecule has 0 fully saturated rings. The first kappa shape index (κ1) is 13.7. The Morgan fingerprint density at radius 1 is 1.15 bits per heavy atom. The normalized spacial score (nSPS) is 12.9. The van der Waals surface area contributed by atoms with Crippen molar-refractivity contribution in [2.24, 2.45) is 0 Å². The van der Waals surface area contributed by atoms with Crippen LogP contribution < -0.4 is 0 Å². The molecule has 0 saturated carbocycles. The molecule has 0 N–H and O–H groups in total. The molecule has 0 radical (unpaired) electrons. The van der Waals surface area contributed by atoms with Crippen molar-refractivity contribution in [1.82, 2.24) is 0 Å². The molecule has 0 aliphatic carbocycles. The monoisotopic (exact) mass is 266 g/mol. The number of halogens is 1. The van der Waals surface area contributed by atoms with Gasteiger partial charge in [0.25, 0.3) is 0 Å². The topological polar surface area (TPSA) is 9.23 Å². The first-order chi connectivity index (χ1) is 6.01. The van der Waals surface area contributed by atoms with Crippen LogP contribution in [0.4, 0.5) is 0 Å². The minimum Gasteiger partial charge on any atom is -0.415 e. The van der Waals surface area contributed by atoms with Crippen LogP contribution in [-0.4, -0.2) is 19.9 Å². The van der Waals surface area contributed by atoms with Gasteiger partial charge in [-0.25, -0.2) is 0 Å². The van der Waals surface area contributed by atoms with Gasteiger partial charge in [0.05, 0.1) is 0 Å². The molecule has 0 saturated heterocycles. The Labute approximate surface area is 92.5 Å². The highest BCUT2D eigenvalue weighted by Gasteiger charge is 2.40. The van der Waals surface area contributed by atoms with E-state index in [1.807, 2.05) is 0 Å². The summed E-state index contributed by atoms with van der Waals surface area (Å²) in [5, 5.41) is 0. The average Bonchev–Trinajstić information content (AvgIpc) is 2.05. The molecule has 0 aromatic carbocycles. The molecular weight excluding hydrogens is 244 g/mol. The van der Waals surface area contributed by atoms with Crippen molar-refractivity contribution in [2.45, 2.75) is 52.1 Å². The van der Waals surface area contributed by atoms with Crippen LogP contribution in [0.5, 0.6) is 0 Å². The van der Waals surface area contributed by atoms with Crippen LogP contribution in [-0.2, 0) is 4.43 Å². The largest absolute Gasteiger partial charge is 0.415 e. The van der Waals surface area contributed by atoms with E-state index < -0.39 is 8.32 Å². The van der Waals surface area contributed by atoms with Crippen molar-refractivity contribution in [3.8, 4) is 0 Å². The highest BCUT2D eigenvalue weighted by Crippen LogP contribution is 2.34. The number of rotatable bonds is 6. The maximum atomic E-state index is 6.14. The van der Waals surface area contributed by atoms with E-state index in [-0.39, 0.29) is 0 Å². The van der Waals surface area contributed by atoms with Crippen LogP contribution in [0, 0.1) is 0 Å². The average molecular weight is 267 g/mol. The van der Waals surface area contributed by atoms with Crippen molar-refractivity contribution in [1.29, 1.82) is 0 Å². The molecule has 0 aromatic heterocycles. The summed E-state index contributed by atoms with van der Waals surface area (Å²) in [6, 6.07) is 0. The SMILES string of the molecule is CCCO[Si](CBr)(C(C)C)C(C)C. The van der Waals surface area contributed by atoms with Gasteiger partial charge in [-0.2, -0.15) is 0 Å². The molecule has 1 nitrogen and oxygen atoms in total. The molecule has 0 atom stereocenters. The van der Waals surface area contributed by atoms with Crippen LogP contribution in [0.2, 0.25) is 11.1 Å². The predicted octanol–water partition coefficient (Wildman–Crippen LogP) is 4.11. The fraction of sp³-hybridized carbons (Fsp3) is 1.00. The van der Waals surface area contributed by atoms with Crippen molar-refractivity contribution in [3.05, 3.63) is 0 Å². The summed E-state index contributed by atoms with van der Waals surface area (Å²) in [5.74, 6) is 0. The van der Waals surface area contributed by atoms with E-state index in [2.05, 4.69) is 50.5 Å². The van der Waals surface area contributed by atoms with Crippen LogP contribution in [0.3, 0.4) is 0 Å². The Kier molecular flexibility index (Phi) is 6.51. The lowest BCUT2D eigenvalue weighted by molar-refractivity contribution is 0.289. The molecule has 0 aliphatic rings. The Bertz CT molecular complexity index is 129. The highest BCUT2D eigenvalue weighted by molar-refractivity contribution is 9.09. The lowest BCUT2D eigenvalue weighted by Gasteiger charge is -2.37. The second kappa shape index (κ2) is 6.20. The summed E-state index contributed by atoms with van der Waals surface area (Å²) in [7, 11) is -1.53. The van der Waals surface area contributed by atoms with Gasteiger partial charge < -0.3 is 4.43 Å². The van der Waals surface area contributed by atoms with E-state index >= 15 is 0 Å². The Morgan fingerprint density at radius 3 is 1.85 bits per heavy atom. The lowest BCUT2D eigenvalue weighted by Crippen LogP contribution is -2.47. The molecule has 0 aliphatic heterocycles. The van der Waals surface area contributed by atoms with E-state index in [0.29, 0.717) is 11.1 Å². The number of alkyl halides is 1. The lowest BCUT2D eigenvalue weighted by atomic mass is 10.5. The minimum atomic E-state index is -1.53. The second-order valence-electron chi connectivity index (χ2n) is 4.25. The van der Waals surface area contributed by atoms with E-state index in [9.17, 15) is 0 Å². The van der Waals surface area contributed by atoms with Gasteiger partial charge in [0.1, 0.15) is 0 Å². The number of hydrogen-bond acceptors (Lipinski definition) is 1. The predicted molar refractivity (Wildman–Crippen MR) is 66.0 cm³/mol. The zero-order valence-corrected chi connectivity index (χ0v) is 12.1. The summed E-state index contributed by atoms with van der Waals surface area (Å²) in [5.41, 5.74) is 1.39. The number of hydrogen-bond donors (Lipinski definition) is 0. The molecule has 13 heavy (non-hydrogen) atoms. The zero-order chi connectivity index (χ0) is 10.5. The molecule has 0 heterocycles. The third kappa shape index (κ3) is 3.37. The van der Waals surface area contributed by atoms with E-state index in [1.54, 1.807) is 0 Å². The van der Waals surface area contributed by atoms with Gasteiger partial charge in [-0.15, -0.1) is 0 Å². The fourth-order valence-electron chi connectivity index (χ4n) is 1.64. The highest BCUT2D eigenvalue weighted by atomic mass is 79.9. The van der Waals surface area contributed by atoms with Gasteiger partial charge in [-0.1, -0.05) is 50.5 Å². The van der Waals surface area contributed by atoms with Gasteiger partial charge in [-0.3, -0.25) is 0 Å². The van der Waals surface area contributed by atoms with Crippen LogP contribution in [0.25, 0.3) is 0 Å². The second-order valence-corrected chi connectivity index (χ2v) is 10.7. The minimum absolute atomic E-state index is 0.693. The summed E-state index contributed by atoms with van der Waals surface area (Å²) in [4.78, 5) is 1.06. The molecule has 0 spiro atoms. The Hall–Kier alpha value is 0.657. The molecule has 0 aromatic rings. The van der Waals surface area contributed by atoms with Gasteiger partial charge in [0, 0.05) is 11.6 Å². The zero-order valence-electron chi connectivity index (χ0n) is 9.56. The molecule has 80 valence electrons. The first-order valence-corrected chi connectivity index (χ1v) is 8.60. The fourth-order valence-corrected chi connectivity index (χ4v) is 9.29. The first-order valence-electron chi connectivity index (χ1n) is 5.21.